The predicted octanol–water partition coefficient (Wildman–Crippen LogP) is 2.15. The molecule has 5 nitrogen and oxygen atoms in total. The SMILES string of the molecule is CC(C)c1nnc(NC(=O)CCCCl)o1. The summed E-state index contributed by atoms with van der Waals surface area (Å²) in [5.41, 5.74) is 0. The molecule has 0 spiro atoms. The van der Waals surface area contributed by atoms with E-state index in [9.17, 15) is 4.79 Å². The third-order valence-corrected chi connectivity index (χ3v) is 1.99. The Morgan fingerprint density at radius 1 is 1.53 bits per heavy atom. The minimum atomic E-state index is -0.158. The van der Waals surface area contributed by atoms with Gasteiger partial charge in [0.2, 0.25) is 11.8 Å². The number of aromatic nitrogens is 2. The van der Waals surface area contributed by atoms with E-state index in [1.165, 1.54) is 0 Å². The highest BCUT2D eigenvalue weighted by Gasteiger charge is 2.11. The van der Waals surface area contributed by atoms with Crippen molar-refractivity contribution in [2.45, 2.75) is 32.6 Å². The van der Waals surface area contributed by atoms with Crippen LogP contribution in [0.25, 0.3) is 0 Å². The highest BCUT2D eigenvalue weighted by atomic mass is 35.5. The Morgan fingerprint density at radius 3 is 2.80 bits per heavy atom. The van der Waals surface area contributed by atoms with Gasteiger partial charge in [-0.25, -0.2) is 0 Å². The zero-order valence-electron chi connectivity index (χ0n) is 8.79. The highest BCUT2D eigenvalue weighted by molar-refractivity contribution is 6.18. The van der Waals surface area contributed by atoms with Crippen molar-refractivity contribution >= 4 is 23.5 Å². The number of amides is 1. The first-order valence-corrected chi connectivity index (χ1v) is 5.36. The zero-order chi connectivity index (χ0) is 11.3. The summed E-state index contributed by atoms with van der Waals surface area (Å²) in [6.45, 7) is 3.87. The summed E-state index contributed by atoms with van der Waals surface area (Å²) < 4.78 is 5.21. The maximum Gasteiger partial charge on any atom is 0.322 e. The largest absolute Gasteiger partial charge is 0.408 e. The molecule has 1 aromatic heterocycles. The maximum atomic E-state index is 11.3. The van der Waals surface area contributed by atoms with Crippen molar-refractivity contribution in [3.63, 3.8) is 0 Å². The second kappa shape index (κ2) is 5.70. The van der Waals surface area contributed by atoms with Gasteiger partial charge in [0.05, 0.1) is 0 Å². The van der Waals surface area contributed by atoms with Gasteiger partial charge in [0, 0.05) is 18.2 Å². The van der Waals surface area contributed by atoms with Crippen LogP contribution in [0.2, 0.25) is 0 Å². The molecule has 0 fully saturated rings. The number of nitrogens with zero attached hydrogens (tertiary/aromatic N) is 2. The van der Waals surface area contributed by atoms with Crippen molar-refractivity contribution in [1.29, 1.82) is 0 Å². The normalized spacial score (nSPS) is 10.7. The van der Waals surface area contributed by atoms with Crippen molar-refractivity contribution in [1.82, 2.24) is 10.2 Å². The lowest BCUT2D eigenvalue weighted by Crippen LogP contribution is -2.11. The number of carbonyl (C=O) groups is 1. The first kappa shape index (κ1) is 12.0. The van der Waals surface area contributed by atoms with Gasteiger partial charge < -0.3 is 4.42 Å². The molecule has 0 saturated heterocycles. The Morgan fingerprint density at radius 2 is 2.27 bits per heavy atom. The van der Waals surface area contributed by atoms with Gasteiger partial charge in [0.25, 0.3) is 0 Å². The van der Waals surface area contributed by atoms with E-state index >= 15 is 0 Å². The average molecular weight is 232 g/mol. The molecule has 1 aromatic rings. The number of nitrogens with one attached hydrogen (secondary N) is 1. The summed E-state index contributed by atoms with van der Waals surface area (Å²) in [6, 6.07) is 0.151. The van der Waals surface area contributed by atoms with Crippen LogP contribution in [0.15, 0.2) is 4.42 Å². The molecule has 0 aromatic carbocycles. The first-order valence-electron chi connectivity index (χ1n) is 4.82. The van der Waals surface area contributed by atoms with Crippen molar-refractivity contribution < 1.29 is 9.21 Å². The van der Waals surface area contributed by atoms with Crippen LogP contribution in [0.5, 0.6) is 0 Å². The molecule has 15 heavy (non-hydrogen) atoms. The summed E-state index contributed by atoms with van der Waals surface area (Å²) in [6.07, 6.45) is 1.00. The van der Waals surface area contributed by atoms with Crippen molar-refractivity contribution in [3.05, 3.63) is 5.89 Å². The molecule has 0 aliphatic rings. The maximum absolute atomic E-state index is 11.3. The van der Waals surface area contributed by atoms with E-state index in [2.05, 4.69) is 15.5 Å². The molecule has 0 unspecified atom stereocenters. The number of hydrogen-bond donors (Lipinski definition) is 1. The van der Waals surface area contributed by atoms with E-state index in [1.807, 2.05) is 13.8 Å². The minimum Gasteiger partial charge on any atom is -0.408 e. The summed E-state index contributed by atoms with van der Waals surface area (Å²) in [5.74, 6) is 0.984. The second-order valence-electron chi connectivity index (χ2n) is 3.44. The van der Waals surface area contributed by atoms with Crippen molar-refractivity contribution in [2.75, 3.05) is 11.2 Å². The lowest BCUT2D eigenvalue weighted by atomic mass is 10.2. The predicted molar refractivity (Wildman–Crippen MR) is 57.0 cm³/mol. The first-order chi connectivity index (χ1) is 7.13. The van der Waals surface area contributed by atoms with Gasteiger partial charge in [0.1, 0.15) is 0 Å². The van der Waals surface area contributed by atoms with Crippen LogP contribution >= 0.6 is 11.6 Å². The Hall–Kier alpha value is -1.10. The Bertz CT molecular complexity index is 325. The third-order valence-electron chi connectivity index (χ3n) is 1.72. The van der Waals surface area contributed by atoms with Crippen molar-refractivity contribution in [2.24, 2.45) is 0 Å². The number of carbonyl (C=O) groups excluding carboxylic acids is 1. The monoisotopic (exact) mass is 231 g/mol. The summed E-state index contributed by atoms with van der Waals surface area (Å²) in [5, 5.41) is 10.0. The standard InChI is InChI=1S/C9H14ClN3O2/c1-6(2)8-12-13-9(15-8)11-7(14)4-3-5-10/h6H,3-5H2,1-2H3,(H,11,13,14). The summed E-state index contributed by atoms with van der Waals surface area (Å²) in [4.78, 5) is 11.3. The number of hydrogen-bond acceptors (Lipinski definition) is 4. The number of halogens is 1. The molecule has 1 heterocycles. The van der Waals surface area contributed by atoms with E-state index in [-0.39, 0.29) is 17.8 Å². The van der Waals surface area contributed by atoms with E-state index < -0.39 is 0 Å². The molecule has 0 aliphatic carbocycles. The zero-order valence-corrected chi connectivity index (χ0v) is 9.54. The van der Waals surface area contributed by atoms with Gasteiger partial charge in [0.15, 0.2) is 0 Å². The van der Waals surface area contributed by atoms with Crippen LogP contribution < -0.4 is 5.32 Å². The lowest BCUT2D eigenvalue weighted by Gasteiger charge is -1.98. The quantitative estimate of drug-likeness (QED) is 0.789. The van der Waals surface area contributed by atoms with Gasteiger partial charge in [-0.2, -0.15) is 0 Å². The van der Waals surface area contributed by atoms with E-state index in [4.69, 9.17) is 16.0 Å². The number of alkyl halides is 1. The number of anilines is 1. The molecule has 6 heteroatoms. The van der Waals surface area contributed by atoms with Crippen LogP contribution in [0.1, 0.15) is 38.5 Å². The molecule has 1 rings (SSSR count). The fourth-order valence-corrected chi connectivity index (χ4v) is 1.06. The molecule has 1 N–H and O–H groups in total. The van der Waals surface area contributed by atoms with Gasteiger partial charge >= 0.3 is 6.01 Å². The van der Waals surface area contributed by atoms with Gasteiger partial charge in [-0.3, -0.25) is 10.1 Å². The molecule has 0 atom stereocenters. The molecule has 0 radical (unpaired) electrons. The third kappa shape index (κ3) is 3.87. The van der Waals surface area contributed by atoms with Crippen LogP contribution in [-0.2, 0) is 4.79 Å². The molecular formula is C9H14ClN3O2. The van der Waals surface area contributed by atoms with Crippen molar-refractivity contribution in [3.8, 4) is 0 Å². The molecule has 84 valence electrons. The van der Waals surface area contributed by atoms with Gasteiger partial charge in [-0.1, -0.05) is 18.9 Å². The summed E-state index contributed by atoms with van der Waals surface area (Å²) in [7, 11) is 0. The van der Waals surface area contributed by atoms with Crippen LogP contribution in [0.4, 0.5) is 6.01 Å². The van der Waals surface area contributed by atoms with E-state index in [1.54, 1.807) is 0 Å². The minimum absolute atomic E-state index is 0.151. The Kier molecular flexibility index (Phi) is 4.55. The molecule has 1 amide bonds. The topological polar surface area (TPSA) is 68.0 Å². The molecular weight excluding hydrogens is 218 g/mol. The smallest absolute Gasteiger partial charge is 0.322 e. The average Bonchev–Trinajstić information content (AvgIpc) is 2.63. The van der Waals surface area contributed by atoms with E-state index in [0.717, 1.165) is 0 Å². The fraction of sp³-hybridized carbons (Fsp3) is 0.667. The van der Waals surface area contributed by atoms with Gasteiger partial charge in [-0.05, 0) is 6.42 Å². The highest BCUT2D eigenvalue weighted by Crippen LogP contribution is 2.14. The number of rotatable bonds is 5. The van der Waals surface area contributed by atoms with Crippen LogP contribution in [-0.4, -0.2) is 22.0 Å². The van der Waals surface area contributed by atoms with Crippen LogP contribution in [0, 0.1) is 0 Å². The Balaban J connectivity index is 2.46. The van der Waals surface area contributed by atoms with E-state index in [0.29, 0.717) is 24.6 Å². The van der Waals surface area contributed by atoms with Crippen LogP contribution in [0.3, 0.4) is 0 Å². The fourth-order valence-electron chi connectivity index (χ4n) is 0.928. The molecule has 0 bridgehead atoms. The summed E-state index contributed by atoms with van der Waals surface area (Å²) >= 11 is 5.46. The molecule has 0 aliphatic heterocycles. The second-order valence-corrected chi connectivity index (χ2v) is 3.82. The Labute approximate surface area is 93.2 Å². The molecule has 0 saturated carbocycles. The lowest BCUT2D eigenvalue weighted by molar-refractivity contribution is -0.116. The van der Waals surface area contributed by atoms with Gasteiger partial charge in [-0.15, -0.1) is 16.7 Å².